The summed E-state index contributed by atoms with van der Waals surface area (Å²) in [5, 5.41) is 4.42. The third kappa shape index (κ3) is 2.98. The van der Waals surface area contributed by atoms with Crippen molar-refractivity contribution < 1.29 is 23.9 Å². The highest BCUT2D eigenvalue weighted by atomic mass is 16.7. The molecule has 2 amide bonds. The van der Waals surface area contributed by atoms with E-state index in [9.17, 15) is 14.4 Å². The van der Waals surface area contributed by atoms with Crippen molar-refractivity contribution >= 4 is 34.6 Å². The number of benzene rings is 2. The standard InChI is InChI=1S/C27H28N4O5/c1-26(2,3)36-25(34)35-22-21-23(33)30(4)14-20(32)31(21)24-27(22,16-10-6-8-12-19(16)29-24)17-13-28-18-11-7-5-9-15(17)18/h5-13,21-22,24,28-29H,14H2,1-4H3. The number of rotatable bonds is 2. The van der Waals surface area contributed by atoms with Crippen LogP contribution in [0.4, 0.5) is 10.5 Å². The van der Waals surface area contributed by atoms with Gasteiger partial charge in [-0.15, -0.1) is 0 Å². The van der Waals surface area contributed by atoms with Crippen LogP contribution in [0.15, 0.2) is 54.7 Å². The molecular formula is C27H28N4O5. The molecular weight excluding hydrogens is 460 g/mol. The van der Waals surface area contributed by atoms with Gasteiger partial charge in [0.1, 0.15) is 17.2 Å². The molecule has 9 nitrogen and oxygen atoms in total. The number of para-hydroxylation sites is 2. The van der Waals surface area contributed by atoms with Crippen molar-refractivity contribution in [3.05, 3.63) is 65.9 Å². The van der Waals surface area contributed by atoms with Crippen molar-refractivity contribution in [2.24, 2.45) is 0 Å². The van der Waals surface area contributed by atoms with Crippen LogP contribution in [0.25, 0.3) is 10.9 Å². The van der Waals surface area contributed by atoms with Crippen LogP contribution in [0.2, 0.25) is 0 Å². The van der Waals surface area contributed by atoms with E-state index in [2.05, 4.69) is 10.3 Å². The summed E-state index contributed by atoms with van der Waals surface area (Å²) in [5.74, 6) is -0.497. The second-order valence-corrected chi connectivity index (χ2v) is 10.7. The summed E-state index contributed by atoms with van der Waals surface area (Å²) in [7, 11) is 1.59. The number of ether oxygens (including phenoxy) is 2. The summed E-state index contributed by atoms with van der Waals surface area (Å²) in [6, 6.07) is 14.6. The number of likely N-dealkylation sites (N-methyl/N-ethyl adjacent to an activating group) is 1. The van der Waals surface area contributed by atoms with Crippen LogP contribution in [0, 0.1) is 0 Å². The van der Waals surface area contributed by atoms with Gasteiger partial charge in [-0.1, -0.05) is 36.4 Å². The fourth-order valence-corrected chi connectivity index (χ4v) is 6.06. The van der Waals surface area contributed by atoms with Gasteiger partial charge < -0.3 is 29.6 Å². The number of carbonyl (C=O) groups excluding carboxylic acids is 3. The van der Waals surface area contributed by atoms with E-state index in [4.69, 9.17) is 9.47 Å². The molecule has 2 saturated heterocycles. The Labute approximate surface area is 208 Å². The second-order valence-electron chi connectivity index (χ2n) is 10.7. The van der Waals surface area contributed by atoms with Gasteiger partial charge in [0.15, 0.2) is 12.1 Å². The highest BCUT2D eigenvalue weighted by Gasteiger charge is 2.71. The number of amides is 2. The highest BCUT2D eigenvalue weighted by molar-refractivity contribution is 5.99. The van der Waals surface area contributed by atoms with E-state index in [1.807, 2.05) is 54.7 Å². The average Bonchev–Trinajstić information content (AvgIpc) is 3.45. The van der Waals surface area contributed by atoms with Crippen LogP contribution in [-0.2, 0) is 24.5 Å². The monoisotopic (exact) mass is 488 g/mol. The Morgan fingerprint density at radius 2 is 1.78 bits per heavy atom. The predicted molar refractivity (Wildman–Crippen MR) is 132 cm³/mol. The fourth-order valence-electron chi connectivity index (χ4n) is 6.06. The first-order valence-electron chi connectivity index (χ1n) is 12.0. The van der Waals surface area contributed by atoms with Gasteiger partial charge >= 0.3 is 6.16 Å². The van der Waals surface area contributed by atoms with Gasteiger partial charge in [-0.25, -0.2) is 4.79 Å². The van der Waals surface area contributed by atoms with Crippen LogP contribution in [0.5, 0.6) is 0 Å². The Hall–Kier alpha value is -4.01. The molecule has 0 aliphatic carbocycles. The number of aromatic amines is 1. The van der Waals surface area contributed by atoms with E-state index in [1.165, 1.54) is 4.90 Å². The summed E-state index contributed by atoms with van der Waals surface area (Å²) in [4.78, 5) is 46.5. The fraction of sp³-hybridized carbons (Fsp3) is 0.370. The molecule has 3 aliphatic rings. The van der Waals surface area contributed by atoms with Crippen LogP contribution in [0.1, 0.15) is 31.9 Å². The van der Waals surface area contributed by atoms with Crippen LogP contribution in [-0.4, -0.2) is 70.3 Å². The number of nitrogens with one attached hydrogen (secondary N) is 2. The molecule has 0 spiro atoms. The number of H-pyrrole nitrogens is 1. The topological polar surface area (TPSA) is 104 Å². The van der Waals surface area contributed by atoms with Gasteiger partial charge in [0, 0.05) is 29.8 Å². The zero-order valence-electron chi connectivity index (χ0n) is 20.6. The minimum Gasteiger partial charge on any atom is -0.429 e. The molecule has 36 heavy (non-hydrogen) atoms. The first kappa shape index (κ1) is 22.5. The van der Waals surface area contributed by atoms with Gasteiger partial charge in [0.2, 0.25) is 11.8 Å². The van der Waals surface area contributed by atoms with E-state index in [1.54, 1.807) is 32.7 Å². The Bertz CT molecular complexity index is 1410. The molecule has 9 heteroatoms. The normalized spacial score (nSPS) is 26.9. The predicted octanol–water partition coefficient (Wildman–Crippen LogP) is 3.21. The van der Waals surface area contributed by atoms with E-state index < -0.39 is 35.5 Å². The highest BCUT2D eigenvalue weighted by Crippen LogP contribution is 2.57. The lowest BCUT2D eigenvalue weighted by molar-refractivity contribution is -0.156. The third-order valence-corrected chi connectivity index (χ3v) is 7.35. The Balaban J connectivity index is 1.63. The SMILES string of the molecule is CN1CC(=O)N2C(C1=O)C(OC(=O)OC(C)(C)C)C1(c3c[nH]c4ccccc34)c3ccccc3NC21. The number of hydrogen-bond donors (Lipinski definition) is 2. The lowest BCUT2D eigenvalue weighted by Crippen LogP contribution is -2.61. The maximum Gasteiger partial charge on any atom is 0.509 e. The Morgan fingerprint density at radius 1 is 1.06 bits per heavy atom. The zero-order valence-corrected chi connectivity index (χ0v) is 20.6. The van der Waals surface area contributed by atoms with Crippen molar-refractivity contribution in [2.75, 3.05) is 18.9 Å². The zero-order chi connectivity index (χ0) is 25.4. The maximum atomic E-state index is 13.6. The van der Waals surface area contributed by atoms with Crippen molar-refractivity contribution in [3.8, 4) is 0 Å². The molecule has 6 rings (SSSR count). The van der Waals surface area contributed by atoms with E-state index in [-0.39, 0.29) is 18.4 Å². The Morgan fingerprint density at radius 3 is 2.56 bits per heavy atom. The third-order valence-electron chi connectivity index (χ3n) is 7.35. The molecule has 2 aromatic carbocycles. The summed E-state index contributed by atoms with van der Waals surface area (Å²) < 4.78 is 11.7. The number of hydrogen-bond acceptors (Lipinski definition) is 6. The molecule has 1 aromatic heterocycles. The van der Waals surface area contributed by atoms with E-state index in [0.717, 1.165) is 27.7 Å². The van der Waals surface area contributed by atoms with Crippen molar-refractivity contribution in [2.45, 2.75) is 50.1 Å². The number of fused-ring (bicyclic) bond motifs is 6. The summed E-state index contributed by atoms with van der Waals surface area (Å²) in [6.45, 7) is 5.21. The summed E-state index contributed by atoms with van der Waals surface area (Å²) in [6.07, 6.45) is -0.668. The van der Waals surface area contributed by atoms with Crippen LogP contribution < -0.4 is 5.32 Å². The quantitative estimate of drug-likeness (QED) is 0.537. The largest absolute Gasteiger partial charge is 0.509 e. The molecule has 4 atom stereocenters. The molecule has 0 saturated carbocycles. The van der Waals surface area contributed by atoms with Gasteiger partial charge in [0.25, 0.3) is 0 Å². The lowest BCUT2D eigenvalue weighted by Gasteiger charge is -2.38. The molecule has 2 fully saturated rings. The van der Waals surface area contributed by atoms with Crippen molar-refractivity contribution in [1.82, 2.24) is 14.8 Å². The van der Waals surface area contributed by atoms with Gasteiger partial charge in [-0.05, 0) is 44.0 Å². The van der Waals surface area contributed by atoms with Gasteiger partial charge in [-0.2, -0.15) is 0 Å². The molecule has 4 heterocycles. The van der Waals surface area contributed by atoms with Crippen molar-refractivity contribution in [3.63, 3.8) is 0 Å². The number of piperazine rings is 1. The summed E-state index contributed by atoms with van der Waals surface area (Å²) in [5.41, 5.74) is 1.56. The second kappa shape index (κ2) is 7.49. The van der Waals surface area contributed by atoms with Crippen LogP contribution in [0.3, 0.4) is 0 Å². The molecule has 3 aromatic rings. The number of anilines is 1. The molecule has 0 bridgehead atoms. The number of carbonyl (C=O) groups is 3. The lowest BCUT2D eigenvalue weighted by atomic mass is 9.70. The van der Waals surface area contributed by atoms with Crippen LogP contribution >= 0.6 is 0 Å². The average molecular weight is 489 g/mol. The number of nitrogens with zero attached hydrogens (tertiary/aromatic N) is 2. The summed E-state index contributed by atoms with van der Waals surface area (Å²) >= 11 is 0. The molecule has 2 N–H and O–H groups in total. The van der Waals surface area contributed by atoms with Gasteiger partial charge in [-0.3, -0.25) is 9.59 Å². The van der Waals surface area contributed by atoms with E-state index in [0.29, 0.717) is 0 Å². The Kier molecular flexibility index (Phi) is 4.67. The first-order chi connectivity index (χ1) is 17.1. The number of aromatic nitrogens is 1. The van der Waals surface area contributed by atoms with Crippen molar-refractivity contribution in [1.29, 1.82) is 0 Å². The molecule has 4 unspecified atom stereocenters. The molecule has 186 valence electrons. The van der Waals surface area contributed by atoms with E-state index >= 15 is 0 Å². The minimum atomic E-state index is -1.06. The smallest absolute Gasteiger partial charge is 0.429 e. The molecule has 3 aliphatic heterocycles. The molecule has 0 radical (unpaired) electrons. The maximum absolute atomic E-state index is 13.6. The first-order valence-corrected chi connectivity index (χ1v) is 12.0. The minimum absolute atomic E-state index is 0.0486. The van der Waals surface area contributed by atoms with Gasteiger partial charge in [0.05, 0.1) is 6.54 Å².